The number of fused-ring (bicyclic) bond motifs is 1. The van der Waals surface area contributed by atoms with Crippen molar-refractivity contribution in [3.05, 3.63) is 17.6 Å². The van der Waals surface area contributed by atoms with Gasteiger partial charge in [0.2, 0.25) is 0 Å². The summed E-state index contributed by atoms with van der Waals surface area (Å²) in [6.45, 7) is 3.57. The van der Waals surface area contributed by atoms with Crippen molar-refractivity contribution in [2.24, 2.45) is 5.92 Å². The Bertz CT molecular complexity index is 438. The number of hydrogen-bond acceptors (Lipinski definition) is 4. The summed E-state index contributed by atoms with van der Waals surface area (Å²) in [4.78, 5) is 11.3. The molecule has 2 heterocycles. The van der Waals surface area contributed by atoms with Crippen LogP contribution in [0.25, 0.3) is 0 Å². The van der Waals surface area contributed by atoms with E-state index >= 15 is 0 Å². The van der Waals surface area contributed by atoms with E-state index in [9.17, 15) is 0 Å². The number of rotatable bonds is 4. The van der Waals surface area contributed by atoms with Crippen molar-refractivity contribution in [3.8, 4) is 0 Å². The lowest BCUT2D eigenvalue weighted by Crippen LogP contribution is -2.31. The molecule has 1 aromatic rings. The van der Waals surface area contributed by atoms with Gasteiger partial charge in [-0.05, 0) is 71.0 Å². The van der Waals surface area contributed by atoms with E-state index in [1.807, 2.05) is 0 Å². The topological polar surface area (TPSA) is 41.0 Å². The fourth-order valence-corrected chi connectivity index (χ4v) is 3.42. The molecule has 0 unspecified atom stereocenters. The van der Waals surface area contributed by atoms with Crippen LogP contribution in [-0.2, 0) is 12.8 Å². The van der Waals surface area contributed by atoms with Crippen LogP contribution in [0.5, 0.6) is 0 Å². The van der Waals surface area contributed by atoms with Crippen molar-refractivity contribution in [1.82, 2.24) is 14.9 Å². The minimum absolute atomic E-state index is 0.886. The number of hydrogen-bond donors (Lipinski definition) is 1. The van der Waals surface area contributed by atoms with Gasteiger partial charge in [0.1, 0.15) is 12.1 Å². The van der Waals surface area contributed by atoms with Gasteiger partial charge in [-0.15, -0.1) is 0 Å². The molecule has 1 fully saturated rings. The number of likely N-dealkylation sites (tertiary alicyclic amines) is 1. The van der Waals surface area contributed by atoms with Gasteiger partial charge in [-0.2, -0.15) is 0 Å². The first kappa shape index (κ1) is 13.8. The summed E-state index contributed by atoms with van der Waals surface area (Å²) in [7, 11) is 2.22. The average molecular weight is 274 g/mol. The van der Waals surface area contributed by atoms with Gasteiger partial charge in [-0.1, -0.05) is 0 Å². The molecule has 2 aliphatic rings. The molecule has 0 atom stereocenters. The van der Waals surface area contributed by atoms with E-state index in [2.05, 4.69) is 27.2 Å². The minimum atomic E-state index is 0.886. The van der Waals surface area contributed by atoms with Gasteiger partial charge in [-0.3, -0.25) is 0 Å². The third kappa shape index (κ3) is 3.29. The van der Waals surface area contributed by atoms with E-state index in [0.29, 0.717) is 0 Å². The van der Waals surface area contributed by atoms with Crippen molar-refractivity contribution >= 4 is 5.82 Å². The predicted molar refractivity (Wildman–Crippen MR) is 82.0 cm³/mol. The molecule has 1 N–H and O–H groups in total. The second-order valence-electron chi connectivity index (χ2n) is 6.32. The predicted octanol–water partition coefficient (Wildman–Crippen LogP) is 2.50. The van der Waals surface area contributed by atoms with Crippen LogP contribution < -0.4 is 5.32 Å². The second kappa shape index (κ2) is 6.53. The summed E-state index contributed by atoms with van der Waals surface area (Å²) in [6, 6.07) is 0. The molecule has 4 heteroatoms. The van der Waals surface area contributed by atoms with Gasteiger partial charge < -0.3 is 10.2 Å². The highest BCUT2D eigenvalue weighted by Gasteiger charge is 2.18. The van der Waals surface area contributed by atoms with E-state index in [4.69, 9.17) is 0 Å². The third-order valence-corrected chi connectivity index (χ3v) is 4.81. The number of aryl methyl sites for hydroxylation is 1. The number of piperidine rings is 1. The van der Waals surface area contributed by atoms with Gasteiger partial charge >= 0.3 is 0 Å². The zero-order chi connectivity index (χ0) is 13.8. The lowest BCUT2D eigenvalue weighted by atomic mass is 9.93. The molecule has 4 nitrogen and oxygen atoms in total. The van der Waals surface area contributed by atoms with Crippen LogP contribution in [-0.4, -0.2) is 41.5 Å². The number of anilines is 1. The Morgan fingerprint density at radius 3 is 2.85 bits per heavy atom. The van der Waals surface area contributed by atoms with Crippen molar-refractivity contribution in [2.45, 2.75) is 44.9 Å². The van der Waals surface area contributed by atoms with Gasteiger partial charge in [0.05, 0.1) is 0 Å². The van der Waals surface area contributed by atoms with E-state index in [0.717, 1.165) is 31.1 Å². The van der Waals surface area contributed by atoms with Crippen LogP contribution in [0.2, 0.25) is 0 Å². The molecule has 0 bridgehead atoms. The minimum Gasteiger partial charge on any atom is -0.370 e. The lowest BCUT2D eigenvalue weighted by molar-refractivity contribution is 0.215. The fourth-order valence-electron chi connectivity index (χ4n) is 3.42. The Morgan fingerprint density at radius 1 is 1.20 bits per heavy atom. The number of aromatic nitrogens is 2. The van der Waals surface area contributed by atoms with Crippen LogP contribution in [0.1, 0.15) is 43.4 Å². The SMILES string of the molecule is CN1CCC(CCNc2ncnc3c2CCCC3)CC1. The molecule has 20 heavy (non-hydrogen) atoms. The highest BCUT2D eigenvalue weighted by atomic mass is 15.1. The average Bonchev–Trinajstić information content (AvgIpc) is 2.49. The standard InChI is InChI=1S/C16H26N4/c1-20-10-7-13(8-11-20)6-9-17-16-14-4-2-3-5-15(14)18-12-19-16/h12-13H,2-11H2,1H3,(H,17,18,19). The first-order chi connectivity index (χ1) is 9.83. The number of nitrogens with one attached hydrogen (secondary N) is 1. The molecule has 0 aromatic carbocycles. The Hall–Kier alpha value is -1.16. The zero-order valence-electron chi connectivity index (χ0n) is 12.6. The molecular formula is C16H26N4. The molecule has 3 rings (SSSR count). The maximum absolute atomic E-state index is 4.46. The Kier molecular flexibility index (Phi) is 4.51. The summed E-state index contributed by atoms with van der Waals surface area (Å²) in [5.41, 5.74) is 2.65. The summed E-state index contributed by atoms with van der Waals surface area (Å²) in [6.07, 6.45) is 10.5. The maximum Gasteiger partial charge on any atom is 0.132 e. The van der Waals surface area contributed by atoms with Crippen LogP contribution in [0.15, 0.2) is 6.33 Å². The fraction of sp³-hybridized carbons (Fsp3) is 0.750. The van der Waals surface area contributed by atoms with Crippen LogP contribution in [0, 0.1) is 5.92 Å². The molecule has 1 aliphatic heterocycles. The molecule has 1 saturated heterocycles. The van der Waals surface area contributed by atoms with Crippen molar-refractivity contribution in [2.75, 3.05) is 32.0 Å². The number of nitrogens with zero attached hydrogens (tertiary/aromatic N) is 3. The Labute approximate surface area is 122 Å². The van der Waals surface area contributed by atoms with E-state index in [1.54, 1.807) is 6.33 Å². The van der Waals surface area contributed by atoms with Gasteiger partial charge in [0.25, 0.3) is 0 Å². The summed E-state index contributed by atoms with van der Waals surface area (Å²) < 4.78 is 0. The highest BCUT2D eigenvalue weighted by Crippen LogP contribution is 2.25. The van der Waals surface area contributed by atoms with E-state index in [1.165, 1.54) is 56.5 Å². The second-order valence-corrected chi connectivity index (χ2v) is 6.32. The molecule has 110 valence electrons. The van der Waals surface area contributed by atoms with Crippen LogP contribution in [0.4, 0.5) is 5.82 Å². The van der Waals surface area contributed by atoms with E-state index < -0.39 is 0 Å². The van der Waals surface area contributed by atoms with Crippen molar-refractivity contribution in [3.63, 3.8) is 0 Å². The molecule has 1 aromatic heterocycles. The Balaban J connectivity index is 1.51. The van der Waals surface area contributed by atoms with Gasteiger partial charge in [0, 0.05) is 17.8 Å². The first-order valence-corrected chi connectivity index (χ1v) is 8.08. The van der Waals surface area contributed by atoms with Crippen molar-refractivity contribution < 1.29 is 0 Å². The normalized spacial score (nSPS) is 20.6. The lowest BCUT2D eigenvalue weighted by Gasteiger charge is -2.29. The first-order valence-electron chi connectivity index (χ1n) is 8.08. The molecule has 0 radical (unpaired) electrons. The maximum atomic E-state index is 4.46. The summed E-state index contributed by atoms with van der Waals surface area (Å²) in [5.74, 6) is 1.99. The molecular weight excluding hydrogens is 248 g/mol. The smallest absolute Gasteiger partial charge is 0.132 e. The molecule has 1 aliphatic carbocycles. The summed E-state index contributed by atoms with van der Waals surface area (Å²) >= 11 is 0. The molecule has 0 amide bonds. The molecule has 0 saturated carbocycles. The quantitative estimate of drug-likeness (QED) is 0.916. The van der Waals surface area contributed by atoms with E-state index in [-0.39, 0.29) is 0 Å². The zero-order valence-corrected chi connectivity index (χ0v) is 12.6. The largest absolute Gasteiger partial charge is 0.370 e. The van der Waals surface area contributed by atoms with Gasteiger partial charge in [-0.25, -0.2) is 9.97 Å². The Morgan fingerprint density at radius 2 is 2.00 bits per heavy atom. The third-order valence-electron chi connectivity index (χ3n) is 4.81. The highest BCUT2D eigenvalue weighted by molar-refractivity contribution is 5.46. The summed E-state index contributed by atoms with van der Waals surface area (Å²) in [5, 5.41) is 3.57. The van der Waals surface area contributed by atoms with Crippen LogP contribution >= 0.6 is 0 Å². The van der Waals surface area contributed by atoms with Crippen LogP contribution in [0.3, 0.4) is 0 Å². The van der Waals surface area contributed by atoms with Gasteiger partial charge in [0.15, 0.2) is 0 Å². The monoisotopic (exact) mass is 274 g/mol. The molecule has 0 spiro atoms. The van der Waals surface area contributed by atoms with Crippen molar-refractivity contribution in [1.29, 1.82) is 0 Å².